The van der Waals surface area contributed by atoms with E-state index in [9.17, 15) is 0 Å². The van der Waals surface area contributed by atoms with Crippen molar-refractivity contribution in [3.63, 3.8) is 0 Å². The van der Waals surface area contributed by atoms with Gasteiger partial charge in [0.1, 0.15) is 12.4 Å². The molecule has 1 aliphatic rings. The molecule has 1 saturated carbocycles. The minimum Gasteiger partial charge on any atom is -0.467 e. The summed E-state index contributed by atoms with van der Waals surface area (Å²) in [6.45, 7) is 8.41. The van der Waals surface area contributed by atoms with Crippen molar-refractivity contribution in [2.24, 2.45) is 17.8 Å². The minimum atomic E-state index is 0.386. The molecule has 3 nitrogen and oxygen atoms in total. The zero-order valence-electron chi connectivity index (χ0n) is 13.3. The molecule has 1 fully saturated rings. The monoisotopic (exact) mass is 279 g/mol. The molecular weight excluding hydrogens is 250 g/mol. The number of hydrogen-bond acceptors (Lipinski definition) is 3. The molecule has 0 aromatic carbocycles. The molecule has 0 radical (unpaired) electrons. The van der Waals surface area contributed by atoms with Crippen molar-refractivity contribution in [2.45, 2.75) is 59.3 Å². The predicted molar refractivity (Wildman–Crippen MR) is 81.4 cm³/mol. The van der Waals surface area contributed by atoms with E-state index in [1.165, 1.54) is 24.8 Å². The van der Waals surface area contributed by atoms with Crippen molar-refractivity contribution < 1.29 is 9.15 Å². The predicted octanol–water partition coefficient (Wildman–Crippen LogP) is 3.98. The van der Waals surface area contributed by atoms with Gasteiger partial charge in [0.15, 0.2) is 0 Å². The topological polar surface area (TPSA) is 34.4 Å². The Bertz CT molecular complexity index is 399. The normalized spacial score (nSPS) is 27.1. The van der Waals surface area contributed by atoms with Gasteiger partial charge in [-0.15, -0.1) is 0 Å². The van der Waals surface area contributed by atoms with Crippen molar-refractivity contribution in [3.8, 4) is 0 Å². The van der Waals surface area contributed by atoms with E-state index in [0.717, 1.165) is 18.2 Å². The number of rotatable bonds is 6. The lowest BCUT2D eigenvalue weighted by Crippen LogP contribution is -2.34. The minimum absolute atomic E-state index is 0.386. The van der Waals surface area contributed by atoms with Gasteiger partial charge < -0.3 is 14.5 Å². The molecule has 0 aliphatic heterocycles. The lowest BCUT2D eigenvalue weighted by atomic mass is 9.75. The van der Waals surface area contributed by atoms with Crippen LogP contribution in [0.1, 0.15) is 51.4 Å². The Morgan fingerprint density at radius 3 is 2.90 bits per heavy atom. The molecule has 3 heteroatoms. The Kier molecular flexibility index (Phi) is 5.67. The van der Waals surface area contributed by atoms with Crippen molar-refractivity contribution in [1.82, 2.24) is 5.32 Å². The van der Waals surface area contributed by atoms with Crippen molar-refractivity contribution in [1.29, 1.82) is 0 Å². The molecule has 0 saturated heterocycles. The summed E-state index contributed by atoms with van der Waals surface area (Å²) in [5, 5.41) is 3.13. The Labute approximate surface area is 123 Å². The van der Waals surface area contributed by atoms with Crippen molar-refractivity contribution >= 4 is 0 Å². The summed E-state index contributed by atoms with van der Waals surface area (Å²) >= 11 is 0. The molecule has 3 unspecified atom stereocenters. The maximum absolute atomic E-state index is 6.19. The molecule has 1 aromatic rings. The van der Waals surface area contributed by atoms with Crippen molar-refractivity contribution in [2.75, 3.05) is 7.05 Å². The molecule has 20 heavy (non-hydrogen) atoms. The summed E-state index contributed by atoms with van der Waals surface area (Å²) in [7, 11) is 1.94. The van der Waals surface area contributed by atoms with Crippen LogP contribution in [0.25, 0.3) is 0 Å². The SMILES string of the molecule is CNCc1coc(COC2CC(C)CCC2C(C)C)c1. The highest BCUT2D eigenvalue weighted by atomic mass is 16.5. The molecule has 2 rings (SSSR count). The van der Waals surface area contributed by atoms with E-state index in [-0.39, 0.29) is 0 Å². The first-order valence-corrected chi connectivity index (χ1v) is 7.92. The van der Waals surface area contributed by atoms with Crippen LogP contribution in [-0.2, 0) is 17.9 Å². The highest BCUT2D eigenvalue weighted by Gasteiger charge is 2.31. The third kappa shape index (κ3) is 4.10. The Morgan fingerprint density at radius 1 is 1.40 bits per heavy atom. The van der Waals surface area contributed by atoms with Gasteiger partial charge in [-0.25, -0.2) is 0 Å². The Hall–Kier alpha value is -0.800. The number of furan rings is 1. The van der Waals surface area contributed by atoms with Crippen LogP contribution in [0, 0.1) is 17.8 Å². The van der Waals surface area contributed by atoms with Gasteiger partial charge in [0, 0.05) is 12.1 Å². The summed E-state index contributed by atoms with van der Waals surface area (Å²) in [6, 6.07) is 2.09. The molecule has 0 amide bonds. The van der Waals surface area contributed by atoms with E-state index in [2.05, 4.69) is 32.2 Å². The summed E-state index contributed by atoms with van der Waals surface area (Å²) in [5.41, 5.74) is 1.18. The molecule has 0 spiro atoms. The second-order valence-electron chi connectivity index (χ2n) is 6.63. The smallest absolute Gasteiger partial charge is 0.129 e. The first kappa shape index (κ1) is 15.6. The third-order valence-electron chi connectivity index (χ3n) is 4.49. The molecule has 114 valence electrons. The number of nitrogens with one attached hydrogen (secondary N) is 1. The maximum Gasteiger partial charge on any atom is 0.129 e. The second kappa shape index (κ2) is 7.28. The van der Waals surface area contributed by atoms with E-state index in [4.69, 9.17) is 9.15 Å². The second-order valence-corrected chi connectivity index (χ2v) is 6.63. The molecule has 1 heterocycles. The highest BCUT2D eigenvalue weighted by molar-refractivity contribution is 5.11. The average molecular weight is 279 g/mol. The quantitative estimate of drug-likeness (QED) is 0.855. The fourth-order valence-electron chi connectivity index (χ4n) is 3.29. The van der Waals surface area contributed by atoms with E-state index in [1.54, 1.807) is 0 Å². The first-order chi connectivity index (χ1) is 9.60. The van der Waals surface area contributed by atoms with Gasteiger partial charge in [0.2, 0.25) is 0 Å². The van der Waals surface area contributed by atoms with E-state index < -0.39 is 0 Å². The zero-order valence-corrected chi connectivity index (χ0v) is 13.3. The van der Waals surface area contributed by atoms with Gasteiger partial charge in [-0.3, -0.25) is 0 Å². The van der Waals surface area contributed by atoms with Crippen LogP contribution < -0.4 is 5.32 Å². The van der Waals surface area contributed by atoms with Crippen LogP contribution in [0.5, 0.6) is 0 Å². The standard InChI is InChI=1S/C17H29NO2/c1-12(2)16-6-5-13(3)7-17(16)20-11-15-8-14(9-18-4)10-19-15/h8,10,12-13,16-18H,5-7,9,11H2,1-4H3. The maximum atomic E-state index is 6.19. The fourth-order valence-corrected chi connectivity index (χ4v) is 3.29. The molecule has 1 N–H and O–H groups in total. The fraction of sp³-hybridized carbons (Fsp3) is 0.765. The van der Waals surface area contributed by atoms with Crippen LogP contribution in [0.15, 0.2) is 16.7 Å². The van der Waals surface area contributed by atoms with E-state index >= 15 is 0 Å². The first-order valence-electron chi connectivity index (χ1n) is 7.92. The van der Waals surface area contributed by atoms with E-state index in [1.807, 2.05) is 13.3 Å². The molecular formula is C17H29NO2. The van der Waals surface area contributed by atoms with Gasteiger partial charge in [-0.05, 0) is 43.7 Å². The summed E-state index contributed by atoms with van der Waals surface area (Å²) in [5.74, 6) is 3.12. The van der Waals surface area contributed by atoms with E-state index in [0.29, 0.717) is 24.5 Å². The third-order valence-corrected chi connectivity index (χ3v) is 4.49. The summed E-state index contributed by atoms with van der Waals surface area (Å²) in [6.07, 6.45) is 6.03. The average Bonchev–Trinajstić information content (AvgIpc) is 2.84. The number of ether oxygens (including phenoxy) is 1. The molecule has 3 atom stereocenters. The largest absolute Gasteiger partial charge is 0.467 e. The molecule has 0 bridgehead atoms. The number of hydrogen-bond donors (Lipinski definition) is 1. The van der Waals surface area contributed by atoms with Crippen LogP contribution in [0.2, 0.25) is 0 Å². The lowest BCUT2D eigenvalue weighted by molar-refractivity contribution is -0.0522. The molecule has 1 aromatic heterocycles. The van der Waals surface area contributed by atoms with Gasteiger partial charge in [-0.1, -0.05) is 27.2 Å². The summed E-state index contributed by atoms with van der Waals surface area (Å²) < 4.78 is 11.8. The van der Waals surface area contributed by atoms with Gasteiger partial charge in [-0.2, -0.15) is 0 Å². The van der Waals surface area contributed by atoms with Crippen LogP contribution in [0.3, 0.4) is 0 Å². The summed E-state index contributed by atoms with van der Waals surface area (Å²) in [4.78, 5) is 0. The van der Waals surface area contributed by atoms with Gasteiger partial charge in [0.25, 0.3) is 0 Å². The van der Waals surface area contributed by atoms with Crippen LogP contribution in [0.4, 0.5) is 0 Å². The van der Waals surface area contributed by atoms with Gasteiger partial charge in [0.05, 0.1) is 12.4 Å². The zero-order chi connectivity index (χ0) is 14.5. The lowest BCUT2D eigenvalue weighted by Gasteiger charge is -2.37. The highest BCUT2D eigenvalue weighted by Crippen LogP contribution is 2.35. The molecule has 1 aliphatic carbocycles. The van der Waals surface area contributed by atoms with Crippen LogP contribution in [-0.4, -0.2) is 13.2 Å². The Balaban J connectivity index is 1.89. The van der Waals surface area contributed by atoms with Crippen LogP contribution >= 0.6 is 0 Å². The van der Waals surface area contributed by atoms with Gasteiger partial charge >= 0.3 is 0 Å². The van der Waals surface area contributed by atoms with Crippen molar-refractivity contribution in [3.05, 3.63) is 23.7 Å². The Morgan fingerprint density at radius 2 is 2.20 bits per heavy atom.